The van der Waals surface area contributed by atoms with E-state index < -0.39 is 0 Å². The molecule has 0 saturated carbocycles. The highest BCUT2D eigenvalue weighted by Gasteiger charge is 2.07. The molecule has 3 rings (SSSR count). The van der Waals surface area contributed by atoms with Crippen LogP contribution in [-0.4, -0.2) is 5.75 Å². The molecule has 0 bridgehead atoms. The number of rotatable bonds is 5. The molecule has 0 saturated heterocycles. The molecule has 2 N–H and O–H groups in total. The van der Waals surface area contributed by atoms with E-state index in [1.165, 1.54) is 20.9 Å². The fourth-order valence-corrected chi connectivity index (χ4v) is 3.97. The molecule has 106 valence electrons. The molecular weight excluding hydrogens is 294 g/mol. The molecular formula is C18H17NS2. The lowest BCUT2D eigenvalue weighted by Gasteiger charge is -2.12. The predicted octanol–water partition coefficient (Wildman–Crippen LogP) is 5.21. The summed E-state index contributed by atoms with van der Waals surface area (Å²) >= 11 is 3.59. The van der Waals surface area contributed by atoms with Crippen LogP contribution in [0.15, 0.2) is 76.3 Å². The molecule has 1 unspecified atom stereocenters. The molecule has 21 heavy (non-hydrogen) atoms. The lowest BCUT2D eigenvalue weighted by Crippen LogP contribution is -2.12. The van der Waals surface area contributed by atoms with Crippen LogP contribution in [0.4, 0.5) is 0 Å². The third kappa shape index (κ3) is 3.76. The fourth-order valence-electron chi connectivity index (χ4n) is 2.17. The highest BCUT2D eigenvalue weighted by atomic mass is 32.2. The Balaban J connectivity index is 1.66. The standard InChI is InChI=1S/C18H17NS2/c19-17(13-21-18-7-4-12-20-18)16-10-8-15(9-11-16)14-5-2-1-3-6-14/h1-12,17H,13,19H2. The monoisotopic (exact) mass is 311 g/mol. The van der Waals surface area contributed by atoms with Gasteiger partial charge in [0.15, 0.2) is 0 Å². The predicted molar refractivity (Wildman–Crippen MR) is 93.8 cm³/mol. The van der Waals surface area contributed by atoms with Gasteiger partial charge in [-0.05, 0) is 28.1 Å². The zero-order valence-corrected chi connectivity index (χ0v) is 13.2. The highest BCUT2D eigenvalue weighted by Crippen LogP contribution is 2.28. The van der Waals surface area contributed by atoms with Gasteiger partial charge in [-0.1, -0.05) is 60.7 Å². The van der Waals surface area contributed by atoms with Gasteiger partial charge in [-0.2, -0.15) is 0 Å². The first-order valence-electron chi connectivity index (χ1n) is 6.90. The van der Waals surface area contributed by atoms with Gasteiger partial charge in [0.05, 0.1) is 4.21 Å². The van der Waals surface area contributed by atoms with Crippen molar-refractivity contribution in [3.63, 3.8) is 0 Å². The van der Waals surface area contributed by atoms with Crippen LogP contribution in [0.3, 0.4) is 0 Å². The van der Waals surface area contributed by atoms with Gasteiger partial charge >= 0.3 is 0 Å². The van der Waals surface area contributed by atoms with E-state index in [1.54, 1.807) is 11.3 Å². The molecule has 3 aromatic rings. The molecule has 0 amide bonds. The smallest absolute Gasteiger partial charge is 0.0599 e. The topological polar surface area (TPSA) is 26.0 Å². The van der Waals surface area contributed by atoms with Gasteiger partial charge in [-0.25, -0.2) is 0 Å². The van der Waals surface area contributed by atoms with Crippen LogP contribution < -0.4 is 5.73 Å². The van der Waals surface area contributed by atoms with Gasteiger partial charge in [0.2, 0.25) is 0 Å². The van der Waals surface area contributed by atoms with Gasteiger partial charge in [0, 0.05) is 11.8 Å². The van der Waals surface area contributed by atoms with Crippen LogP contribution in [0.1, 0.15) is 11.6 Å². The molecule has 0 radical (unpaired) electrons. The first kappa shape index (κ1) is 14.4. The first-order valence-corrected chi connectivity index (χ1v) is 8.77. The lowest BCUT2D eigenvalue weighted by atomic mass is 10.0. The summed E-state index contributed by atoms with van der Waals surface area (Å²) in [6.45, 7) is 0. The van der Waals surface area contributed by atoms with Crippen molar-refractivity contribution in [2.45, 2.75) is 10.3 Å². The Kier molecular flexibility index (Phi) is 4.76. The average Bonchev–Trinajstić information content (AvgIpc) is 3.07. The quantitative estimate of drug-likeness (QED) is 0.655. The fraction of sp³-hybridized carbons (Fsp3) is 0.111. The minimum atomic E-state index is 0.0712. The van der Waals surface area contributed by atoms with Crippen molar-refractivity contribution in [3.05, 3.63) is 77.7 Å². The van der Waals surface area contributed by atoms with Crippen LogP contribution in [0.25, 0.3) is 11.1 Å². The van der Waals surface area contributed by atoms with Crippen LogP contribution in [-0.2, 0) is 0 Å². The third-order valence-corrected chi connectivity index (χ3v) is 5.60. The van der Waals surface area contributed by atoms with E-state index >= 15 is 0 Å². The van der Waals surface area contributed by atoms with Crippen LogP contribution in [0, 0.1) is 0 Å². The highest BCUT2D eigenvalue weighted by molar-refractivity contribution is 8.01. The molecule has 0 aliphatic rings. The molecule has 1 nitrogen and oxygen atoms in total. The van der Waals surface area contributed by atoms with Gasteiger partial charge in [0.1, 0.15) is 0 Å². The van der Waals surface area contributed by atoms with Crippen molar-refractivity contribution < 1.29 is 0 Å². The van der Waals surface area contributed by atoms with Gasteiger partial charge in [-0.3, -0.25) is 0 Å². The summed E-state index contributed by atoms with van der Waals surface area (Å²) in [6.07, 6.45) is 0. The largest absolute Gasteiger partial charge is 0.323 e. The third-order valence-electron chi connectivity index (χ3n) is 3.35. The normalized spacial score (nSPS) is 12.2. The second-order valence-corrected chi connectivity index (χ2v) is 7.11. The average molecular weight is 311 g/mol. The van der Waals surface area contributed by atoms with Crippen molar-refractivity contribution >= 4 is 23.1 Å². The Hall–Kier alpha value is -1.55. The number of thioether (sulfide) groups is 1. The Morgan fingerprint density at radius 1 is 0.857 bits per heavy atom. The Bertz CT molecular complexity index is 660. The van der Waals surface area contributed by atoms with Crippen molar-refractivity contribution in [3.8, 4) is 11.1 Å². The van der Waals surface area contributed by atoms with Gasteiger partial charge < -0.3 is 5.73 Å². The van der Waals surface area contributed by atoms with E-state index in [9.17, 15) is 0 Å². The van der Waals surface area contributed by atoms with Crippen LogP contribution >= 0.6 is 23.1 Å². The molecule has 1 aromatic heterocycles. The molecule has 0 fully saturated rings. The molecule has 1 heterocycles. The van der Waals surface area contributed by atoms with E-state index in [0.717, 1.165) is 5.75 Å². The van der Waals surface area contributed by atoms with Crippen molar-refractivity contribution in [1.29, 1.82) is 0 Å². The van der Waals surface area contributed by atoms with E-state index in [0.29, 0.717) is 0 Å². The number of hydrogen-bond donors (Lipinski definition) is 1. The van der Waals surface area contributed by atoms with Crippen molar-refractivity contribution in [2.75, 3.05) is 5.75 Å². The number of hydrogen-bond acceptors (Lipinski definition) is 3. The van der Waals surface area contributed by atoms with Crippen molar-refractivity contribution in [1.82, 2.24) is 0 Å². The molecule has 1 atom stereocenters. The maximum Gasteiger partial charge on any atom is 0.0599 e. The van der Waals surface area contributed by atoms with E-state index in [4.69, 9.17) is 5.73 Å². The van der Waals surface area contributed by atoms with Gasteiger partial charge in [0.25, 0.3) is 0 Å². The Labute approximate surface area is 133 Å². The number of benzene rings is 2. The number of nitrogens with two attached hydrogens (primary N) is 1. The Morgan fingerprint density at radius 3 is 2.24 bits per heavy atom. The van der Waals surface area contributed by atoms with Crippen LogP contribution in [0.2, 0.25) is 0 Å². The van der Waals surface area contributed by atoms with E-state index in [2.05, 4.69) is 66.0 Å². The minimum Gasteiger partial charge on any atom is -0.323 e. The molecule has 2 aromatic carbocycles. The number of thiophene rings is 1. The maximum absolute atomic E-state index is 6.28. The second kappa shape index (κ2) is 6.94. The molecule has 0 aliphatic heterocycles. The second-order valence-electron chi connectivity index (χ2n) is 4.84. The summed E-state index contributed by atoms with van der Waals surface area (Å²) < 4.78 is 1.33. The maximum atomic E-state index is 6.28. The Morgan fingerprint density at radius 2 is 1.57 bits per heavy atom. The zero-order valence-electron chi connectivity index (χ0n) is 11.6. The summed E-state index contributed by atoms with van der Waals surface area (Å²) in [7, 11) is 0. The molecule has 0 aliphatic carbocycles. The van der Waals surface area contributed by atoms with Gasteiger partial charge in [-0.15, -0.1) is 23.1 Å². The van der Waals surface area contributed by atoms with Crippen molar-refractivity contribution in [2.24, 2.45) is 5.73 Å². The van der Waals surface area contributed by atoms with Crippen LogP contribution in [0.5, 0.6) is 0 Å². The minimum absolute atomic E-state index is 0.0712. The zero-order chi connectivity index (χ0) is 14.5. The summed E-state index contributed by atoms with van der Waals surface area (Å²) in [5.74, 6) is 0.908. The van der Waals surface area contributed by atoms with E-state index in [1.807, 2.05) is 17.8 Å². The molecule has 0 spiro atoms. The SMILES string of the molecule is NC(CSc1cccs1)c1ccc(-c2ccccc2)cc1. The lowest BCUT2D eigenvalue weighted by molar-refractivity contribution is 0.832. The molecule has 3 heteroatoms. The van der Waals surface area contributed by atoms with E-state index in [-0.39, 0.29) is 6.04 Å². The summed E-state index contributed by atoms with van der Waals surface area (Å²) in [5.41, 5.74) is 9.95. The summed E-state index contributed by atoms with van der Waals surface area (Å²) in [5, 5.41) is 2.10. The summed E-state index contributed by atoms with van der Waals surface area (Å²) in [4.78, 5) is 0. The summed E-state index contributed by atoms with van der Waals surface area (Å²) in [6, 6.07) is 23.3. The first-order chi connectivity index (χ1) is 10.3.